The summed E-state index contributed by atoms with van der Waals surface area (Å²) in [5, 5.41) is 6.37. The molecule has 2 aromatic heterocycles. The zero-order valence-corrected chi connectivity index (χ0v) is 12.5. The molecule has 0 aromatic carbocycles. The molecule has 2 rings (SSSR count). The normalized spacial score (nSPS) is 10.4. The monoisotopic (exact) mass is 361 g/mol. The molecule has 2 aromatic rings. The van der Waals surface area contributed by atoms with Crippen molar-refractivity contribution in [2.45, 2.75) is 13.5 Å². The van der Waals surface area contributed by atoms with Crippen molar-refractivity contribution in [2.75, 3.05) is 5.32 Å². The highest BCUT2D eigenvalue weighted by Crippen LogP contribution is 2.23. The Morgan fingerprint density at radius 1 is 1.44 bits per heavy atom. The largest absolute Gasteiger partial charge is 0.363 e. The number of halogens is 2. The molecular weight excluding hydrogens is 354 g/mol. The fourth-order valence-corrected chi connectivity index (χ4v) is 2.95. The van der Waals surface area contributed by atoms with Gasteiger partial charge in [0, 0.05) is 16.0 Å². The molecule has 0 bridgehead atoms. The quantitative estimate of drug-likeness (QED) is 0.897. The Bertz CT molecular complexity index is 499. The lowest BCUT2D eigenvalue weighted by molar-refractivity contribution is 1.03. The number of nitrogens with one attached hydrogen (secondary N) is 1. The Morgan fingerprint density at radius 3 is 2.88 bits per heavy atom. The number of aromatic nitrogens is 2. The van der Waals surface area contributed by atoms with Gasteiger partial charge in [0.25, 0.3) is 0 Å². The highest BCUT2D eigenvalue weighted by molar-refractivity contribution is 9.11. The summed E-state index contributed by atoms with van der Waals surface area (Å²) in [6.45, 7) is 2.69. The molecule has 2 heterocycles. The molecule has 1 N–H and O–H groups in total. The molecule has 0 spiro atoms. The van der Waals surface area contributed by atoms with Crippen molar-refractivity contribution in [1.29, 1.82) is 0 Å². The number of rotatable bonds is 3. The van der Waals surface area contributed by atoms with E-state index in [1.54, 1.807) is 17.5 Å². The molecule has 0 fully saturated rings. The predicted molar refractivity (Wildman–Crippen MR) is 73.8 cm³/mol. The summed E-state index contributed by atoms with van der Waals surface area (Å²) in [6.07, 6.45) is 1.76. The van der Waals surface area contributed by atoms with Gasteiger partial charge in [-0.15, -0.1) is 11.3 Å². The molecule has 3 nitrogen and oxygen atoms in total. The van der Waals surface area contributed by atoms with Gasteiger partial charge in [0.1, 0.15) is 5.82 Å². The number of hydrogen-bond donors (Lipinski definition) is 1. The van der Waals surface area contributed by atoms with Crippen LogP contribution in [-0.2, 0) is 6.54 Å². The summed E-state index contributed by atoms with van der Waals surface area (Å²) >= 11 is 8.47. The molecule has 0 aliphatic heterocycles. The number of anilines is 1. The topological polar surface area (TPSA) is 37.8 Å². The number of aryl methyl sites for hydroxylation is 1. The van der Waals surface area contributed by atoms with Crippen LogP contribution in [0, 0.1) is 6.92 Å². The molecule has 0 atom stereocenters. The zero-order chi connectivity index (χ0) is 11.5. The van der Waals surface area contributed by atoms with Crippen LogP contribution >= 0.6 is 43.2 Å². The minimum atomic E-state index is 0.692. The highest BCUT2D eigenvalue weighted by Gasteiger charge is 2.03. The molecule has 84 valence electrons. The van der Waals surface area contributed by atoms with Crippen LogP contribution in [0.15, 0.2) is 26.6 Å². The lowest BCUT2D eigenvalue weighted by atomic mass is 10.4. The third kappa shape index (κ3) is 3.02. The van der Waals surface area contributed by atoms with Crippen molar-refractivity contribution < 1.29 is 0 Å². The average Bonchev–Trinajstić information content (AvgIpc) is 2.63. The maximum Gasteiger partial charge on any atom is 0.140 e. The smallest absolute Gasteiger partial charge is 0.140 e. The van der Waals surface area contributed by atoms with Gasteiger partial charge >= 0.3 is 0 Å². The van der Waals surface area contributed by atoms with Crippen LogP contribution in [0.5, 0.6) is 0 Å². The van der Waals surface area contributed by atoms with Gasteiger partial charge in [0.05, 0.1) is 21.7 Å². The van der Waals surface area contributed by atoms with E-state index in [4.69, 9.17) is 0 Å². The van der Waals surface area contributed by atoms with E-state index in [-0.39, 0.29) is 0 Å². The fraction of sp³-hybridized carbons (Fsp3) is 0.200. The molecule has 16 heavy (non-hydrogen) atoms. The minimum Gasteiger partial charge on any atom is -0.363 e. The van der Waals surface area contributed by atoms with E-state index in [1.165, 1.54) is 0 Å². The standard InChI is InChI=1S/C10H9Br2N3S/c1-6-15-8(5-16-6)4-14-10-9(12)2-7(11)3-13-10/h2-3,5H,4H2,1H3,(H,13,14). The average molecular weight is 363 g/mol. The molecule has 6 heteroatoms. The van der Waals surface area contributed by atoms with Crippen LogP contribution in [0.25, 0.3) is 0 Å². The van der Waals surface area contributed by atoms with E-state index >= 15 is 0 Å². The van der Waals surface area contributed by atoms with Crippen molar-refractivity contribution in [3.63, 3.8) is 0 Å². The van der Waals surface area contributed by atoms with Crippen LogP contribution < -0.4 is 5.32 Å². The summed E-state index contributed by atoms with van der Waals surface area (Å²) in [7, 11) is 0. The number of thiazole rings is 1. The lowest BCUT2D eigenvalue weighted by Gasteiger charge is -2.05. The van der Waals surface area contributed by atoms with E-state index < -0.39 is 0 Å². The zero-order valence-electron chi connectivity index (χ0n) is 8.50. The Kier molecular flexibility index (Phi) is 3.94. The number of pyridine rings is 1. The van der Waals surface area contributed by atoms with Crippen LogP contribution in [0.3, 0.4) is 0 Å². The molecular formula is C10H9Br2N3S. The maximum atomic E-state index is 4.38. The third-order valence-corrected chi connectivity index (χ3v) is 3.77. The molecule has 0 saturated carbocycles. The van der Waals surface area contributed by atoms with Gasteiger partial charge in [-0.1, -0.05) is 0 Å². The van der Waals surface area contributed by atoms with Gasteiger partial charge in [-0.25, -0.2) is 9.97 Å². The van der Waals surface area contributed by atoms with Crippen molar-refractivity contribution >= 4 is 49.0 Å². The summed E-state index contributed by atoms with van der Waals surface area (Å²) in [4.78, 5) is 8.65. The van der Waals surface area contributed by atoms with E-state index in [2.05, 4.69) is 52.5 Å². The molecule has 0 saturated heterocycles. The Balaban J connectivity index is 2.04. The second-order valence-electron chi connectivity index (χ2n) is 3.20. The predicted octanol–water partition coefficient (Wildman–Crippen LogP) is 3.98. The van der Waals surface area contributed by atoms with Crippen LogP contribution in [0.1, 0.15) is 10.7 Å². The first kappa shape index (κ1) is 12.0. The molecule has 0 aliphatic rings. The van der Waals surface area contributed by atoms with E-state index in [0.717, 1.165) is 25.5 Å². The first-order valence-electron chi connectivity index (χ1n) is 4.61. The Morgan fingerprint density at radius 2 is 2.25 bits per heavy atom. The van der Waals surface area contributed by atoms with Gasteiger partial charge in [-0.2, -0.15) is 0 Å². The van der Waals surface area contributed by atoms with Crippen molar-refractivity contribution in [1.82, 2.24) is 9.97 Å². The Labute approximate surface area is 115 Å². The third-order valence-electron chi connectivity index (χ3n) is 1.91. The van der Waals surface area contributed by atoms with E-state index in [1.807, 2.05) is 13.0 Å². The molecule has 0 amide bonds. The number of hydrogen-bond acceptors (Lipinski definition) is 4. The van der Waals surface area contributed by atoms with Crippen LogP contribution in [0.4, 0.5) is 5.82 Å². The van der Waals surface area contributed by atoms with Gasteiger partial charge in [-0.3, -0.25) is 0 Å². The van der Waals surface area contributed by atoms with E-state index in [9.17, 15) is 0 Å². The minimum absolute atomic E-state index is 0.692. The maximum absolute atomic E-state index is 4.38. The first-order valence-corrected chi connectivity index (χ1v) is 7.07. The summed E-state index contributed by atoms with van der Waals surface area (Å²) in [5.41, 5.74) is 1.04. The van der Waals surface area contributed by atoms with E-state index in [0.29, 0.717) is 6.54 Å². The van der Waals surface area contributed by atoms with Gasteiger partial charge in [0.2, 0.25) is 0 Å². The lowest BCUT2D eigenvalue weighted by Crippen LogP contribution is -2.02. The van der Waals surface area contributed by atoms with Crippen LogP contribution in [0.2, 0.25) is 0 Å². The summed E-state index contributed by atoms with van der Waals surface area (Å²) in [6, 6.07) is 1.96. The fourth-order valence-electron chi connectivity index (χ4n) is 1.21. The van der Waals surface area contributed by atoms with Crippen LogP contribution in [-0.4, -0.2) is 9.97 Å². The molecule has 0 aliphatic carbocycles. The van der Waals surface area contributed by atoms with Gasteiger partial charge in [0.15, 0.2) is 0 Å². The Hall–Kier alpha value is -0.460. The summed E-state index contributed by atoms with van der Waals surface area (Å²) in [5.74, 6) is 0.828. The second-order valence-corrected chi connectivity index (χ2v) is 6.03. The highest BCUT2D eigenvalue weighted by atomic mass is 79.9. The molecule has 0 radical (unpaired) electrons. The van der Waals surface area contributed by atoms with Gasteiger partial charge in [-0.05, 0) is 44.8 Å². The summed E-state index contributed by atoms with van der Waals surface area (Å²) < 4.78 is 1.89. The van der Waals surface area contributed by atoms with Crippen molar-refractivity contribution in [3.05, 3.63) is 37.3 Å². The SMILES string of the molecule is Cc1nc(CNc2ncc(Br)cc2Br)cs1. The number of nitrogens with zero attached hydrogens (tertiary/aromatic N) is 2. The first-order chi connectivity index (χ1) is 7.65. The molecule has 0 unspecified atom stereocenters. The van der Waals surface area contributed by atoms with Gasteiger partial charge < -0.3 is 5.32 Å². The van der Waals surface area contributed by atoms with Crippen molar-refractivity contribution in [2.24, 2.45) is 0 Å². The second kappa shape index (κ2) is 5.25. The van der Waals surface area contributed by atoms with Crippen molar-refractivity contribution in [3.8, 4) is 0 Å².